The molecule has 1 N–H and O–H groups in total. The average molecular weight is 343 g/mol. The highest BCUT2D eigenvalue weighted by atomic mass is 16.5. The van der Waals surface area contributed by atoms with Crippen LogP contribution in [0.5, 0.6) is 0 Å². The molecule has 6 nitrogen and oxygen atoms in total. The third-order valence-corrected chi connectivity index (χ3v) is 6.00. The second-order valence-electron chi connectivity index (χ2n) is 7.50. The van der Waals surface area contributed by atoms with Crippen LogP contribution in [0.15, 0.2) is 24.5 Å². The zero-order valence-corrected chi connectivity index (χ0v) is 14.4. The maximum absolute atomic E-state index is 12.3. The minimum Gasteiger partial charge on any atom is -0.371 e. The molecule has 1 atom stereocenters. The number of carbonyl (C=O) groups is 2. The molecule has 0 bridgehead atoms. The number of ether oxygens (including phenoxy) is 1. The molecule has 6 heteroatoms. The maximum atomic E-state index is 12.3. The van der Waals surface area contributed by atoms with Crippen molar-refractivity contribution in [1.29, 1.82) is 0 Å². The quantitative estimate of drug-likeness (QED) is 0.882. The van der Waals surface area contributed by atoms with Crippen LogP contribution in [0.3, 0.4) is 0 Å². The summed E-state index contributed by atoms with van der Waals surface area (Å²) in [5, 5.41) is 2.98. The van der Waals surface area contributed by atoms with Crippen LogP contribution >= 0.6 is 0 Å². The van der Waals surface area contributed by atoms with Crippen molar-refractivity contribution in [3.05, 3.63) is 30.1 Å². The lowest BCUT2D eigenvalue weighted by Gasteiger charge is -2.51. The van der Waals surface area contributed by atoms with E-state index in [-0.39, 0.29) is 17.4 Å². The van der Waals surface area contributed by atoms with Crippen LogP contribution in [-0.4, -0.2) is 53.5 Å². The molecule has 1 spiro atoms. The molecule has 2 amide bonds. The zero-order valence-electron chi connectivity index (χ0n) is 14.4. The third-order valence-electron chi connectivity index (χ3n) is 6.00. The maximum Gasteiger partial charge on any atom is 0.251 e. The summed E-state index contributed by atoms with van der Waals surface area (Å²) < 4.78 is 6.03. The molecule has 0 aromatic carbocycles. The fraction of sp³-hybridized carbons (Fsp3) is 0.632. The third kappa shape index (κ3) is 3.15. The highest BCUT2D eigenvalue weighted by Gasteiger charge is 2.54. The monoisotopic (exact) mass is 343 g/mol. The van der Waals surface area contributed by atoms with E-state index in [0.717, 1.165) is 45.4 Å². The van der Waals surface area contributed by atoms with Crippen LogP contribution in [0, 0.1) is 11.8 Å². The number of nitrogens with one attached hydrogen (secondary N) is 1. The summed E-state index contributed by atoms with van der Waals surface area (Å²) in [7, 11) is 0. The first kappa shape index (κ1) is 16.5. The van der Waals surface area contributed by atoms with E-state index in [1.165, 1.54) is 6.42 Å². The van der Waals surface area contributed by atoms with E-state index in [9.17, 15) is 9.59 Å². The van der Waals surface area contributed by atoms with Crippen LogP contribution < -0.4 is 5.32 Å². The molecule has 1 aromatic heterocycles. The second kappa shape index (κ2) is 6.75. The van der Waals surface area contributed by atoms with Gasteiger partial charge in [0.25, 0.3) is 5.91 Å². The SMILES string of the molecule is O=C(NCC[C@H]1CCOC12CN(C(=O)C1CCC1)C2)c1ccncc1. The first-order chi connectivity index (χ1) is 12.2. The van der Waals surface area contributed by atoms with Gasteiger partial charge < -0.3 is 15.0 Å². The van der Waals surface area contributed by atoms with Gasteiger partial charge in [0.1, 0.15) is 5.60 Å². The topological polar surface area (TPSA) is 71.5 Å². The van der Waals surface area contributed by atoms with E-state index in [0.29, 0.717) is 23.9 Å². The molecule has 3 heterocycles. The van der Waals surface area contributed by atoms with Crippen LogP contribution in [0.25, 0.3) is 0 Å². The molecule has 3 fully saturated rings. The number of hydrogen-bond acceptors (Lipinski definition) is 4. The van der Waals surface area contributed by atoms with E-state index in [1.54, 1.807) is 24.5 Å². The molecule has 2 aliphatic heterocycles. The van der Waals surface area contributed by atoms with E-state index >= 15 is 0 Å². The molecule has 1 saturated carbocycles. The van der Waals surface area contributed by atoms with Gasteiger partial charge in [0.2, 0.25) is 5.91 Å². The fourth-order valence-corrected chi connectivity index (χ4v) is 4.18. The second-order valence-corrected chi connectivity index (χ2v) is 7.50. The number of amides is 2. The first-order valence-corrected chi connectivity index (χ1v) is 9.29. The van der Waals surface area contributed by atoms with Gasteiger partial charge in [-0.15, -0.1) is 0 Å². The predicted octanol–water partition coefficient (Wildman–Crippen LogP) is 1.62. The Kier molecular flexibility index (Phi) is 4.46. The van der Waals surface area contributed by atoms with Gasteiger partial charge in [-0.3, -0.25) is 14.6 Å². The van der Waals surface area contributed by atoms with Gasteiger partial charge in [0, 0.05) is 37.0 Å². The van der Waals surface area contributed by atoms with E-state index in [1.807, 2.05) is 4.90 Å². The van der Waals surface area contributed by atoms with Crippen molar-refractivity contribution in [2.75, 3.05) is 26.2 Å². The number of aromatic nitrogens is 1. The molecule has 1 aliphatic carbocycles. The van der Waals surface area contributed by atoms with Crippen molar-refractivity contribution in [3.63, 3.8) is 0 Å². The molecule has 4 rings (SSSR count). The van der Waals surface area contributed by atoms with Gasteiger partial charge in [-0.25, -0.2) is 0 Å². The standard InChI is InChI=1S/C19H25N3O3/c23-17(14-4-8-20-9-5-14)21-10-6-16-7-11-25-19(16)12-22(13-19)18(24)15-2-1-3-15/h4-5,8-9,15-16H,1-3,6-7,10-13H2,(H,21,23)/t16-/m0/s1. The summed E-state index contributed by atoms with van der Waals surface area (Å²) in [5.41, 5.74) is 0.467. The minimum atomic E-state index is -0.166. The summed E-state index contributed by atoms with van der Waals surface area (Å²) in [4.78, 5) is 30.3. The Morgan fingerprint density at radius 3 is 2.68 bits per heavy atom. The fourth-order valence-electron chi connectivity index (χ4n) is 4.18. The number of likely N-dealkylation sites (tertiary alicyclic amines) is 1. The van der Waals surface area contributed by atoms with Crippen LogP contribution in [0.4, 0.5) is 0 Å². The summed E-state index contributed by atoms with van der Waals surface area (Å²) in [6, 6.07) is 3.43. The zero-order chi connectivity index (χ0) is 17.3. The van der Waals surface area contributed by atoms with Crippen molar-refractivity contribution >= 4 is 11.8 Å². The lowest BCUT2D eigenvalue weighted by Crippen LogP contribution is -2.67. The summed E-state index contributed by atoms with van der Waals surface area (Å²) >= 11 is 0. The lowest BCUT2D eigenvalue weighted by atomic mass is 9.76. The van der Waals surface area contributed by atoms with E-state index < -0.39 is 0 Å². The molecule has 25 heavy (non-hydrogen) atoms. The molecule has 2 saturated heterocycles. The average Bonchev–Trinajstić information content (AvgIpc) is 2.96. The Labute approximate surface area is 147 Å². The van der Waals surface area contributed by atoms with Crippen molar-refractivity contribution < 1.29 is 14.3 Å². The van der Waals surface area contributed by atoms with Gasteiger partial charge in [-0.2, -0.15) is 0 Å². The number of rotatable bonds is 5. The summed E-state index contributed by atoms with van der Waals surface area (Å²) in [5.74, 6) is 0.926. The molecule has 0 radical (unpaired) electrons. The largest absolute Gasteiger partial charge is 0.371 e. The highest BCUT2D eigenvalue weighted by Crippen LogP contribution is 2.43. The van der Waals surface area contributed by atoms with Crippen LogP contribution in [0.1, 0.15) is 42.5 Å². The summed E-state index contributed by atoms with van der Waals surface area (Å²) in [6.07, 6.45) is 8.43. The normalized spacial score (nSPS) is 24.6. The Bertz CT molecular complexity index is 639. The van der Waals surface area contributed by atoms with Crippen LogP contribution in [0.2, 0.25) is 0 Å². The summed E-state index contributed by atoms with van der Waals surface area (Å²) in [6.45, 7) is 2.85. The molecule has 134 valence electrons. The first-order valence-electron chi connectivity index (χ1n) is 9.29. The number of carbonyl (C=O) groups excluding carboxylic acids is 2. The van der Waals surface area contributed by atoms with Crippen molar-refractivity contribution in [2.24, 2.45) is 11.8 Å². The highest BCUT2D eigenvalue weighted by molar-refractivity contribution is 5.93. The van der Waals surface area contributed by atoms with E-state index in [4.69, 9.17) is 4.74 Å². The Balaban J connectivity index is 1.25. The minimum absolute atomic E-state index is 0.0641. The lowest BCUT2D eigenvalue weighted by molar-refractivity contribution is -0.171. The van der Waals surface area contributed by atoms with Gasteiger partial charge >= 0.3 is 0 Å². The smallest absolute Gasteiger partial charge is 0.251 e. The van der Waals surface area contributed by atoms with Gasteiger partial charge in [0.15, 0.2) is 0 Å². The Hall–Kier alpha value is -1.95. The molecule has 0 unspecified atom stereocenters. The van der Waals surface area contributed by atoms with Crippen LogP contribution in [-0.2, 0) is 9.53 Å². The molecule has 3 aliphatic rings. The van der Waals surface area contributed by atoms with Gasteiger partial charge in [0.05, 0.1) is 13.1 Å². The predicted molar refractivity (Wildman–Crippen MR) is 91.9 cm³/mol. The number of hydrogen-bond donors (Lipinski definition) is 1. The van der Waals surface area contributed by atoms with Crippen molar-refractivity contribution in [2.45, 2.75) is 37.7 Å². The van der Waals surface area contributed by atoms with Gasteiger partial charge in [-0.05, 0) is 43.7 Å². The van der Waals surface area contributed by atoms with E-state index in [2.05, 4.69) is 10.3 Å². The number of pyridine rings is 1. The Morgan fingerprint density at radius 2 is 2.00 bits per heavy atom. The Morgan fingerprint density at radius 1 is 1.24 bits per heavy atom. The van der Waals surface area contributed by atoms with Crippen molar-refractivity contribution in [3.8, 4) is 0 Å². The molecular formula is C19H25N3O3. The van der Waals surface area contributed by atoms with Gasteiger partial charge in [-0.1, -0.05) is 6.42 Å². The number of nitrogens with zero attached hydrogens (tertiary/aromatic N) is 2. The van der Waals surface area contributed by atoms with Crippen molar-refractivity contribution in [1.82, 2.24) is 15.2 Å². The molecular weight excluding hydrogens is 318 g/mol. The molecule has 1 aromatic rings.